The molecule has 2 aromatic heterocycles. The molecular formula is C26H28N4O3. The van der Waals surface area contributed by atoms with Crippen molar-refractivity contribution in [2.45, 2.75) is 39.3 Å². The number of hydrogen-bond acceptors (Lipinski definition) is 4. The standard InChI is InChI=1S/C26H28N4O3/c1-16-17(2)30(15-20-10-7-13-33-20)25(29-26(31)18-8-6-9-19(14-18)32-3)23(16)24-27-21-11-4-5-12-22(21)28-24/h4-6,8-9,11-12,14,20H,7,10,13,15H2,1-3H3,(H,27,28)(H,29,31)/t20-/m1/s1. The molecule has 0 radical (unpaired) electrons. The zero-order chi connectivity index (χ0) is 22.9. The second kappa shape index (κ2) is 8.75. The number of para-hydroxylation sites is 2. The number of benzene rings is 2. The fourth-order valence-electron chi connectivity index (χ4n) is 4.52. The van der Waals surface area contributed by atoms with E-state index in [2.05, 4.69) is 28.7 Å². The van der Waals surface area contributed by atoms with Crippen molar-refractivity contribution in [1.29, 1.82) is 0 Å². The van der Waals surface area contributed by atoms with E-state index in [1.165, 1.54) is 0 Å². The Kier molecular flexibility index (Phi) is 5.64. The van der Waals surface area contributed by atoms with Gasteiger partial charge in [0.05, 0.1) is 36.4 Å². The minimum Gasteiger partial charge on any atom is -0.497 e. The van der Waals surface area contributed by atoms with Crippen LogP contribution in [0.3, 0.4) is 0 Å². The molecule has 3 heterocycles. The number of aromatic amines is 1. The molecule has 1 saturated heterocycles. The molecule has 1 aliphatic rings. The lowest BCUT2D eigenvalue weighted by molar-refractivity contribution is 0.0962. The van der Waals surface area contributed by atoms with Gasteiger partial charge in [0.1, 0.15) is 17.4 Å². The number of anilines is 1. The Labute approximate surface area is 192 Å². The molecule has 1 aliphatic heterocycles. The summed E-state index contributed by atoms with van der Waals surface area (Å²) in [6, 6.07) is 15.1. The highest BCUT2D eigenvalue weighted by Crippen LogP contribution is 2.37. The summed E-state index contributed by atoms with van der Waals surface area (Å²) in [6.07, 6.45) is 2.21. The van der Waals surface area contributed by atoms with Crippen molar-refractivity contribution in [1.82, 2.24) is 14.5 Å². The molecule has 0 saturated carbocycles. The van der Waals surface area contributed by atoms with E-state index in [9.17, 15) is 4.79 Å². The lowest BCUT2D eigenvalue weighted by atomic mass is 10.1. The number of ether oxygens (including phenoxy) is 2. The van der Waals surface area contributed by atoms with Gasteiger partial charge in [-0.05, 0) is 62.6 Å². The second-order valence-corrected chi connectivity index (χ2v) is 8.47. The number of methoxy groups -OCH3 is 1. The molecule has 2 aromatic carbocycles. The Bertz CT molecular complexity index is 1280. The van der Waals surface area contributed by atoms with Gasteiger partial charge < -0.3 is 24.3 Å². The van der Waals surface area contributed by atoms with Crippen molar-refractivity contribution >= 4 is 22.8 Å². The van der Waals surface area contributed by atoms with E-state index in [0.717, 1.165) is 58.9 Å². The lowest BCUT2D eigenvalue weighted by Crippen LogP contribution is -2.21. The molecule has 0 aliphatic carbocycles. The molecule has 0 unspecified atom stereocenters. The largest absolute Gasteiger partial charge is 0.497 e. The maximum atomic E-state index is 13.3. The first-order chi connectivity index (χ1) is 16.0. The van der Waals surface area contributed by atoms with Crippen LogP contribution in [0.15, 0.2) is 48.5 Å². The van der Waals surface area contributed by atoms with Gasteiger partial charge in [0.25, 0.3) is 5.91 Å². The van der Waals surface area contributed by atoms with Crippen LogP contribution in [0.25, 0.3) is 22.4 Å². The summed E-state index contributed by atoms with van der Waals surface area (Å²) < 4.78 is 13.4. The Balaban J connectivity index is 1.60. The quantitative estimate of drug-likeness (QED) is 0.434. The van der Waals surface area contributed by atoms with Gasteiger partial charge in [0, 0.05) is 17.9 Å². The van der Waals surface area contributed by atoms with Gasteiger partial charge in [-0.25, -0.2) is 4.98 Å². The van der Waals surface area contributed by atoms with Crippen molar-refractivity contribution in [2.75, 3.05) is 19.0 Å². The van der Waals surface area contributed by atoms with E-state index in [1.54, 1.807) is 19.2 Å². The molecule has 4 aromatic rings. The van der Waals surface area contributed by atoms with Crippen molar-refractivity contribution in [3.05, 3.63) is 65.4 Å². The summed E-state index contributed by atoms with van der Waals surface area (Å²) in [5, 5.41) is 3.18. The molecule has 7 nitrogen and oxygen atoms in total. The molecule has 170 valence electrons. The van der Waals surface area contributed by atoms with E-state index >= 15 is 0 Å². The Morgan fingerprint density at radius 3 is 2.85 bits per heavy atom. The maximum absolute atomic E-state index is 13.3. The molecule has 33 heavy (non-hydrogen) atoms. The highest BCUT2D eigenvalue weighted by atomic mass is 16.5. The number of nitrogens with one attached hydrogen (secondary N) is 2. The number of imidazole rings is 1. The fraction of sp³-hybridized carbons (Fsp3) is 0.308. The third kappa shape index (κ3) is 4.00. The van der Waals surface area contributed by atoms with E-state index < -0.39 is 0 Å². The first-order valence-corrected chi connectivity index (χ1v) is 11.3. The molecule has 0 bridgehead atoms. The van der Waals surface area contributed by atoms with E-state index in [-0.39, 0.29) is 12.0 Å². The molecule has 7 heteroatoms. The topological polar surface area (TPSA) is 81.2 Å². The van der Waals surface area contributed by atoms with Gasteiger partial charge in [-0.3, -0.25) is 4.79 Å². The van der Waals surface area contributed by atoms with Crippen LogP contribution in [0.5, 0.6) is 5.75 Å². The highest BCUT2D eigenvalue weighted by molar-refractivity contribution is 6.06. The average Bonchev–Trinajstić information content (AvgIpc) is 3.55. The van der Waals surface area contributed by atoms with Crippen LogP contribution in [-0.4, -0.2) is 40.3 Å². The average molecular weight is 445 g/mol. The lowest BCUT2D eigenvalue weighted by Gasteiger charge is -2.17. The third-order valence-electron chi connectivity index (χ3n) is 6.43. The van der Waals surface area contributed by atoms with Crippen LogP contribution in [0, 0.1) is 13.8 Å². The molecule has 2 N–H and O–H groups in total. The molecule has 1 amide bonds. The Hall–Kier alpha value is -3.58. The number of carbonyl (C=O) groups is 1. The number of amides is 1. The van der Waals surface area contributed by atoms with Crippen molar-refractivity contribution in [2.24, 2.45) is 0 Å². The minimum absolute atomic E-state index is 0.131. The van der Waals surface area contributed by atoms with Gasteiger partial charge in [-0.1, -0.05) is 18.2 Å². The summed E-state index contributed by atoms with van der Waals surface area (Å²) in [5.41, 5.74) is 5.45. The van der Waals surface area contributed by atoms with E-state index in [0.29, 0.717) is 17.9 Å². The molecule has 1 fully saturated rings. The number of fused-ring (bicyclic) bond motifs is 1. The maximum Gasteiger partial charge on any atom is 0.256 e. The SMILES string of the molecule is COc1cccc(C(=O)Nc2c(-c3nc4ccccc4[nH]3)c(C)c(C)n2C[C@H]2CCCO2)c1. The van der Waals surface area contributed by atoms with Gasteiger partial charge in [0.15, 0.2) is 0 Å². The third-order valence-corrected chi connectivity index (χ3v) is 6.43. The smallest absolute Gasteiger partial charge is 0.256 e. The van der Waals surface area contributed by atoms with Crippen molar-refractivity contribution in [3.63, 3.8) is 0 Å². The van der Waals surface area contributed by atoms with Gasteiger partial charge in [-0.15, -0.1) is 0 Å². The normalized spacial score (nSPS) is 15.8. The Morgan fingerprint density at radius 1 is 1.24 bits per heavy atom. The minimum atomic E-state index is -0.197. The number of nitrogens with zero attached hydrogens (tertiary/aromatic N) is 2. The molecule has 5 rings (SSSR count). The number of H-pyrrole nitrogens is 1. The number of rotatable bonds is 6. The molecule has 0 spiro atoms. The van der Waals surface area contributed by atoms with Crippen LogP contribution >= 0.6 is 0 Å². The molecular weight excluding hydrogens is 416 g/mol. The second-order valence-electron chi connectivity index (χ2n) is 8.47. The summed E-state index contributed by atoms with van der Waals surface area (Å²) in [7, 11) is 1.59. The van der Waals surface area contributed by atoms with Crippen LogP contribution in [0.4, 0.5) is 5.82 Å². The predicted octanol–water partition coefficient (Wildman–Crippen LogP) is 5.09. The summed E-state index contributed by atoms with van der Waals surface area (Å²) in [6.45, 7) is 5.62. The van der Waals surface area contributed by atoms with E-state index in [1.807, 2.05) is 36.4 Å². The number of carbonyl (C=O) groups excluding carboxylic acids is 1. The van der Waals surface area contributed by atoms with Crippen LogP contribution in [0.1, 0.15) is 34.5 Å². The predicted molar refractivity (Wildman–Crippen MR) is 129 cm³/mol. The van der Waals surface area contributed by atoms with Crippen LogP contribution in [0.2, 0.25) is 0 Å². The number of aromatic nitrogens is 3. The zero-order valence-corrected chi connectivity index (χ0v) is 19.1. The van der Waals surface area contributed by atoms with Crippen molar-refractivity contribution in [3.8, 4) is 17.1 Å². The van der Waals surface area contributed by atoms with Crippen molar-refractivity contribution < 1.29 is 14.3 Å². The summed E-state index contributed by atoms with van der Waals surface area (Å²) in [5.74, 6) is 1.91. The van der Waals surface area contributed by atoms with Crippen LogP contribution < -0.4 is 10.1 Å². The first-order valence-electron chi connectivity index (χ1n) is 11.3. The van der Waals surface area contributed by atoms with Gasteiger partial charge in [-0.2, -0.15) is 0 Å². The zero-order valence-electron chi connectivity index (χ0n) is 19.1. The first kappa shape index (κ1) is 21.3. The fourth-order valence-corrected chi connectivity index (χ4v) is 4.52. The van der Waals surface area contributed by atoms with Gasteiger partial charge in [0.2, 0.25) is 0 Å². The summed E-state index contributed by atoms with van der Waals surface area (Å²) in [4.78, 5) is 21.6. The van der Waals surface area contributed by atoms with Gasteiger partial charge >= 0.3 is 0 Å². The monoisotopic (exact) mass is 444 g/mol. The van der Waals surface area contributed by atoms with Crippen LogP contribution in [-0.2, 0) is 11.3 Å². The number of hydrogen-bond donors (Lipinski definition) is 2. The molecule has 1 atom stereocenters. The summed E-state index contributed by atoms with van der Waals surface area (Å²) >= 11 is 0. The Morgan fingerprint density at radius 2 is 2.09 bits per heavy atom. The van der Waals surface area contributed by atoms with E-state index in [4.69, 9.17) is 14.5 Å². The highest BCUT2D eigenvalue weighted by Gasteiger charge is 2.26.